The zero-order valence-electron chi connectivity index (χ0n) is 13.0. The highest BCUT2D eigenvalue weighted by atomic mass is 16.5. The largest absolute Gasteiger partial charge is 0.384 e. The lowest BCUT2D eigenvalue weighted by molar-refractivity contribution is -0.128. The van der Waals surface area contributed by atoms with Gasteiger partial charge in [0.25, 0.3) is 0 Å². The average Bonchev–Trinajstić information content (AvgIpc) is 2.54. The summed E-state index contributed by atoms with van der Waals surface area (Å²) in [4.78, 5) is 12.8. The third-order valence-electron chi connectivity index (χ3n) is 4.28. The minimum absolute atomic E-state index is 0.151. The number of hydrogen-bond donors (Lipinski definition) is 2. The SMILES string of the molecule is COCC(C)CNC(=O)C1(c2ccccc2)CCNCC1. The summed E-state index contributed by atoms with van der Waals surface area (Å²) >= 11 is 0. The van der Waals surface area contributed by atoms with Crippen LogP contribution < -0.4 is 10.6 Å². The van der Waals surface area contributed by atoms with E-state index in [2.05, 4.69) is 29.7 Å². The van der Waals surface area contributed by atoms with Crippen LogP contribution in [0.4, 0.5) is 0 Å². The summed E-state index contributed by atoms with van der Waals surface area (Å²) in [6, 6.07) is 10.2. The summed E-state index contributed by atoms with van der Waals surface area (Å²) in [6.07, 6.45) is 1.70. The smallest absolute Gasteiger partial charge is 0.230 e. The fourth-order valence-electron chi connectivity index (χ4n) is 3.04. The van der Waals surface area contributed by atoms with Crippen molar-refractivity contribution in [3.63, 3.8) is 0 Å². The van der Waals surface area contributed by atoms with Gasteiger partial charge in [0.05, 0.1) is 12.0 Å². The Bertz CT molecular complexity index is 441. The molecule has 1 aromatic rings. The van der Waals surface area contributed by atoms with Crippen LogP contribution in [0.25, 0.3) is 0 Å². The number of hydrogen-bond acceptors (Lipinski definition) is 3. The number of methoxy groups -OCH3 is 1. The molecule has 1 aromatic carbocycles. The third kappa shape index (κ3) is 3.83. The lowest BCUT2D eigenvalue weighted by Gasteiger charge is -2.37. The van der Waals surface area contributed by atoms with E-state index >= 15 is 0 Å². The molecule has 4 heteroatoms. The predicted octanol–water partition coefficient (Wildman–Crippen LogP) is 1.71. The number of benzene rings is 1. The second-order valence-electron chi connectivity index (χ2n) is 5.97. The standard InChI is InChI=1S/C17H26N2O2/c1-14(13-21-2)12-19-16(20)17(8-10-18-11-9-17)15-6-4-3-5-7-15/h3-7,14,18H,8-13H2,1-2H3,(H,19,20). The quantitative estimate of drug-likeness (QED) is 0.838. The van der Waals surface area contributed by atoms with Crippen LogP contribution in [0.1, 0.15) is 25.3 Å². The van der Waals surface area contributed by atoms with Gasteiger partial charge in [-0.2, -0.15) is 0 Å². The maximum Gasteiger partial charge on any atom is 0.230 e. The van der Waals surface area contributed by atoms with Gasteiger partial charge in [-0.3, -0.25) is 4.79 Å². The molecular weight excluding hydrogens is 264 g/mol. The molecule has 1 amide bonds. The molecule has 1 saturated heterocycles. The minimum atomic E-state index is -0.390. The Morgan fingerprint density at radius 3 is 2.62 bits per heavy atom. The van der Waals surface area contributed by atoms with Gasteiger partial charge in [-0.05, 0) is 37.4 Å². The highest BCUT2D eigenvalue weighted by molar-refractivity contribution is 5.88. The number of ether oxygens (including phenoxy) is 1. The maximum atomic E-state index is 12.8. The minimum Gasteiger partial charge on any atom is -0.384 e. The van der Waals surface area contributed by atoms with Crippen molar-refractivity contribution in [1.82, 2.24) is 10.6 Å². The van der Waals surface area contributed by atoms with Crippen LogP contribution in [-0.2, 0) is 14.9 Å². The van der Waals surface area contributed by atoms with Crippen molar-refractivity contribution in [3.05, 3.63) is 35.9 Å². The van der Waals surface area contributed by atoms with Crippen molar-refractivity contribution in [2.45, 2.75) is 25.2 Å². The van der Waals surface area contributed by atoms with Gasteiger partial charge in [-0.15, -0.1) is 0 Å². The number of carbonyl (C=O) groups is 1. The van der Waals surface area contributed by atoms with Crippen LogP contribution in [0.5, 0.6) is 0 Å². The molecule has 116 valence electrons. The third-order valence-corrected chi connectivity index (χ3v) is 4.28. The molecule has 1 unspecified atom stereocenters. The van der Waals surface area contributed by atoms with Gasteiger partial charge >= 0.3 is 0 Å². The first-order chi connectivity index (χ1) is 10.2. The number of amides is 1. The van der Waals surface area contributed by atoms with Crippen LogP contribution in [0, 0.1) is 5.92 Å². The van der Waals surface area contributed by atoms with E-state index in [-0.39, 0.29) is 11.3 Å². The zero-order valence-corrected chi connectivity index (χ0v) is 13.0. The van der Waals surface area contributed by atoms with Gasteiger partial charge in [0.2, 0.25) is 5.91 Å². The molecule has 2 rings (SSSR count). The van der Waals surface area contributed by atoms with Gasteiger partial charge in [0, 0.05) is 13.7 Å². The molecule has 0 saturated carbocycles. The van der Waals surface area contributed by atoms with Crippen molar-refractivity contribution < 1.29 is 9.53 Å². The molecule has 1 fully saturated rings. The summed E-state index contributed by atoms with van der Waals surface area (Å²) in [6.45, 7) is 5.18. The zero-order chi connectivity index (χ0) is 15.1. The number of carbonyl (C=O) groups excluding carboxylic acids is 1. The lowest BCUT2D eigenvalue weighted by atomic mass is 9.72. The van der Waals surface area contributed by atoms with Crippen molar-refractivity contribution in [2.75, 3.05) is 33.4 Å². The van der Waals surface area contributed by atoms with Gasteiger partial charge in [-0.25, -0.2) is 0 Å². The number of rotatable bonds is 6. The molecule has 0 aromatic heterocycles. The molecular formula is C17H26N2O2. The first-order valence-electron chi connectivity index (χ1n) is 7.72. The van der Waals surface area contributed by atoms with E-state index in [0.29, 0.717) is 19.1 Å². The second-order valence-corrected chi connectivity index (χ2v) is 5.97. The first kappa shape index (κ1) is 16.0. The summed E-state index contributed by atoms with van der Waals surface area (Å²) in [5.74, 6) is 0.478. The molecule has 0 spiro atoms. The average molecular weight is 290 g/mol. The van der Waals surface area contributed by atoms with Crippen LogP contribution in [-0.4, -0.2) is 39.3 Å². The van der Waals surface area contributed by atoms with Crippen molar-refractivity contribution in [1.29, 1.82) is 0 Å². The fraction of sp³-hybridized carbons (Fsp3) is 0.588. The topological polar surface area (TPSA) is 50.4 Å². The van der Waals surface area contributed by atoms with Crippen LogP contribution >= 0.6 is 0 Å². The first-order valence-corrected chi connectivity index (χ1v) is 7.72. The molecule has 0 radical (unpaired) electrons. The van der Waals surface area contributed by atoms with E-state index < -0.39 is 0 Å². The Kier molecular flexibility index (Phi) is 5.76. The molecule has 1 aliphatic heterocycles. The molecule has 2 N–H and O–H groups in total. The summed E-state index contributed by atoms with van der Waals surface area (Å²) in [5.41, 5.74) is 0.739. The normalized spacial score (nSPS) is 19.0. The molecule has 4 nitrogen and oxygen atoms in total. The molecule has 21 heavy (non-hydrogen) atoms. The van der Waals surface area contributed by atoms with Crippen molar-refractivity contribution >= 4 is 5.91 Å². The molecule has 1 atom stereocenters. The Morgan fingerprint density at radius 1 is 1.33 bits per heavy atom. The van der Waals surface area contributed by atoms with E-state index in [9.17, 15) is 4.79 Å². The van der Waals surface area contributed by atoms with Crippen LogP contribution in [0.3, 0.4) is 0 Å². The Balaban J connectivity index is 2.11. The van der Waals surface area contributed by atoms with E-state index in [0.717, 1.165) is 31.5 Å². The van der Waals surface area contributed by atoms with Gasteiger partial charge in [-0.1, -0.05) is 37.3 Å². The van der Waals surface area contributed by atoms with Crippen molar-refractivity contribution in [2.24, 2.45) is 5.92 Å². The van der Waals surface area contributed by atoms with E-state index in [1.54, 1.807) is 7.11 Å². The molecule has 0 aliphatic carbocycles. The Labute approximate surface area is 127 Å². The summed E-state index contributed by atoms with van der Waals surface area (Å²) < 4.78 is 5.13. The van der Waals surface area contributed by atoms with E-state index in [1.165, 1.54) is 0 Å². The lowest BCUT2D eigenvalue weighted by Crippen LogP contribution is -2.51. The van der Waals surface area contributed by atoms with Crippen LogP contribution in [0.15, 0.2) is 30.3 Å². The summed E-state index contributed by atoms with van der Waals surface area (Å²) in [7, 11) is 1.69. The monoisotopic (exact) mass is 290 g/mol. The molecule has 1 aliphatic rings. The number of piperidine rings is 1. The Morgan fingerprint density at radius 2 is 2.00 bits per heavy atom. The highest BCUT2D eigenvalue weighted by Crippen LogP contribution is 2.33. The molecule has 0 bridgehead atoms. The fourth-order valence-corrected chi connectivity index (χ4v) is 3.04. The predicted molar refractivity (Wildman–Crippen MR) is 84.3 cm³/mol. The second kappa shape index (κ2) is 7.57. The molecule has 1 heterocycles. The van der Waals surface area contributed by atoms with Gasteiger partial charge < -0.3 is 15.4 Å². The Hall–Kier alpha value is -1.39. The van der Waals surface area contributed by atoms with E-state index in [4.69, 9.17) is 4.74 Å². The van der Waals surface area contributed by atoms with Crippen molar-refractivity contribution in [3.8, 4) is 0 Å². The van der Waals surface area contributed by atoms with Crippen LogP contribution in [0.2, 0.25) is 0 Å². The number of nitrogens with one attached hydrogen (secondary N) is 2. The van der Waals surface area contributed by atoms with E-state index in [1.807, 2.05) is 18.2 Å². The van der Waals surface area contributed by atoms with Gasteiger partial charge in [0.15, 0.2) is 0 Å². The maximum absolute atomic E-state index is 12.8. The van der Waals surface area contributed by atoms with Gasteiger partial charge in [0.1, 0.15) is 0 Å². The highest BCUT2D eigenvalue weighted by Gasteiger charge is 2.40. The summed E-state index contributed by atoms with van der Waals surface area (Å²) in [5, 5.41) is 6.48.